The fourth-order valence-electron chi connectivity index (χ4n) is 2.99. The van der Waals surface area contributed by atoms with E-state index in [1.807, 2.05) is 0 Å². The normalized spacial score (nSPS) is 17.9. The Balaban J connectivity index is 1.66. The minimum absolute atomic E-state index is 0.0489. The zero-order chi connectivity index (χ0) is 14.3. The molecule has 6 nitrogen and oxygen atoms in total. The standard InChI is InChI=1S/C14H25N5O/c15-10-14(6-2-1-3-7-14)9-13(20)16-8-4-5-12-17-11-18-19-12/h11H,1-10,15H2,(H,16,20)(H,17,18,19). The second-order valence-electron chi connectivity index (χ2n) is 5.83. The van der Waals surface area contributed by atoms with Gasteiger partial charge in [-0.05, 0) is 31.2 Å². The highest BCUT2D eigenvalue weighted by Gasteiger charge is 2.32. The SMILES string of the molecule is NCC1(CC(=O)NCCCc2ncn[nH]2)CCCCC1. The van der Waals surface area contributed by atoms with Crippen molar-refractivity contribution in [1.29, 1.82) is 0 Å². The van der Waals surface area contributed by atoms with Gasteiger partial charge in [0, 0.05) is 19.4 Å². The molecule has 0 unspecified atom stereocenters. The molecule has 0 saturated heterocycles. The molecule has 4 N–H and O–H groups in total. The van der Waals surface area contributed by atoms with Crippen LogP contribution in [0.5, 0.6) is 0 Å². The molecule has 0 atom stereocenters. The average Bonchev–Trinajstić information content (AvgIpc) is 2.98. The molecule has 1 aliphatic carbocycles. The molecule has 20 heavy (non-hydrogen) atoms. The number of aryl methyl sites for hydroxylation is 1. The average molecular weight is 279 g/mol. The summed E-state index contributed by atoms with van der Waals surface area (Å²) in [6.07, 6.45) is 9.63. The number of hydrogen-bond acceptors (Lipinski definition) is 4. The molecule has 0 aromatic carbocycles. The van der Waals surface area contributed by atoms with E-state index in [0.29, 0.717) is 19.5 Å². The first-order valence-corrected chi connectivity index (χ1v) is 7.55. The van der Waals surface area contributed by atoms with Crippen molar-refractivity contribution in [2.75, 3.05) is 13.1 Å². The highest BCUT2D eigenvalue weighted by atomic mass is 16.1. The van der Waals surface area contributed by atoms with E-state index in [2.05, 4.69) is 20.5 Å². The molecule has 0 bridgehead atoms. The second kappa shape index (κ2) is 7.38. The lowest BCUT2D eigenvalue weighted by Crippen LogP contribution is -2.38. The highest BCUT2D eigenvalue weighted by Crippen LogP contribution is 2.38. The van der Waals surface area contributed by atoms with Crippen LogP contribution in [-0.4, -0.2) is 34.2 Å². The molecule has 0 radical (unpaired) electrons. The van der Waals surface area contributed by atoms with Crippen LogP contribution in [0, 0.1) is 5.41 Å². The maximum absolute atomic E-state index is 12.0. The molecule has 2 rings (SSSR count). The lowest BCUT2D eigenvalue weighted by Gasteiger charge is -2.35. The van der Waals surface area contributed by atoms with E-state index in [4.69, 9.17) is 5.73 Å². The number of hydrogen-bond donors (Lipinski definition) is 3. The Hall–Kier alpha value is -1.43. The van der Waals surface area contributed by atoms with Crippen molar-refractivity contribution >= 4 is 5.91 Å². The number of H-pyrrole nitrogens is 1. The minimum atomic E-state index is 0.0489. The molecule has 1 aliphatic rings. The van der Waals surface area contributed by atoms with Gasteiger partial charge in [0.25, 0.3) is 0 Å². The van der Waals surface area contributed by atoms with E-state index in [1.165, 1.54) is 25.6 Å². The maximum atomic E-state index is 12.0. The van der Waals surface area contributed by atoms with Crippen LogP contribution < -0.4 is 11.1 Å². The summed E-state index contributed by atoms with van der Waals surface area (Å²) in [5.41, 5.74) is 5.96. The summed E-state index contributed by atoms with van der Waals surface area (Å²) in [5, 5.41) is 9.61. The number of nitrogens with zero attached hydrogens (tertiary/aromatic N) is 2. The van der Waals surface area contributed by atoms with Crippen molar-refractivity contribution in [1.82, 2.24) is 20.5 Å². The van der Waals surface area contributed by atoms with E-state index in [0.717, 1.165) is 31.5 Å². The molecule has 1 fully saturated rings. The number of nitrogens with two attached hydrogens (primary N) is 1. The van der Waals surface area contributed by atoms with Crippen LogP contribution in [-0.2, 0) is 11.2 Å². The Morgan fingerprint density at radius 1 is 1.40 bits per heavy atom. The Morgan fingerprint density at radius 2 is 2.20 bits per heavy atom. The first kappa shape index (κ1) is 15.0. The van der Waals surface area contributed by atoms with Gasteiger partial charge < -0.3 is 11.1 Å². The summed E-state index contributed by atoms with van der Waals surface area (Å²) in [7, 11) is 0. The van der Waals surface area contributed by atoms with E-state index in [1.54, 1.807) is 0 Å². The van der Waals surface area contributed by atoms with Crippen LogP contribution in [0.4, 0.5) is 0 Å². The summed E-state index contributed by atoms with van der Waals surface area (Å²) >= 11 is 0. The number of aromatic amines is 1. The topological polar surface area (TPSA) is 96.7 Å². The molecule has 112 valence electrons. The van der Waals surface area contributed by atoms with Gasteiger partial charge in [-0.15, -0.1) is 0 Å². The van der Waals surface area contributed by atoms with Crippen LogP contribution in [0.25, 0.3) is 0 Å². The van der Waals surface area contributed by atoms with Crippen LogP contribution >= 0.6 is 0 Å². The molecule has 6 heteroatoms. The Kier molecular flexibility index (Phi) is 5.52. The first-order valence-electron chi connectivity index (χ1n) is 7.55. The molecule has 1 saturated carbocycles. The zero-order valence-electron chi connectivity index (χ0n) is 12.0. The Morgan fingerprint density at radius 3 is 2.85 bits per heavy atom. The monoisotopic (exact) mass is 279 g/mol. The molecule has 0 spiro atoms. The van der Waals surface area contributed by atoms with Gasteiger partial charge in [-0.2, -0.15) is 5.10 Å². The van der Waals surface area contributed by atoms with Gasteiger partial charge >= 0.3 is 0 Å². The van der Waals surface area contributed by atoms with Crippen LogP contribution in [0.3, 0.4) is 0 Å². The van der Waals surface area contributed by atoms with Gasteiger partial charge in [0.2, 0.25) is 5.91 Å². The predicted octanol–water partition coefficient (Wildman–Crippen LogP) is 1.15. The third kappa shape index (κ3) is 4.30. The van der Waals surface area contributed by atoms with Gasteiger partial charge in [0.05, 0.1) is 0 Å². The number of amides is 1. The molecular formula is C14H25N5O. The van der Waals surface area contributed by atoms with Gasteiger partial charge in [-0.25, -0.2) is 4.98 Å². The van der Waals surface area contributed by atoms with Gasteiger partial charge in [-0.3, -0.25) is 9.89 Å². The smallest absolute Gasteiger partial charge is 0.220 e. The van der Waals surface area contributed by atoms with Gasteiger partial charge in [0.1, 0.15) is 12.2 Å². The van der Waals surface area contributed by atoms with Crippen molar-refractivity contribution in [3.8, 4) is 0 Å². The predicted molar refractivity (Wildman–Crippen MR) is 76.9 cm³/mol. The summed E-state index contributed by atoms with van der Waals surface area (Å²) < 4.78 is 0. The lowest BCUT2D eigenvalue weighted by molar-refractivity contribution is -0.123. The largest absolute Gasteiger partial charge is 0.356 e. The summed E-state index contributed by atoms with van der Waals surface area (Å²) in [4.78, 5) is 16.1. The molecule has 0 aliphatic heterocycles. The van der Waals surface area contributed by atoms with Crippen molar-refractivity contribution in [2.45, 2.75) is 51.4 Å². The zero-order valence-corrected chi connectivity index (χ0v) is 12.0. The van der Waals surface area contributed by atoms with Crippen molar-refractivity contribution in [2.24, 2.45) is 11.1 Å². The van der Waals surface area contributed by atoms with Crippen molar-refractivity contribution < 1.29 is 4.79 Å². The Bertz CT molecular complexity index is 398. The summed E-state index contributed by atoms with van der Waals surface area (Å²) in [6.45, 7) is 1.30. The number of carbonyl (C=O) groups is 1. The van der Waals surface area contributed by atoms with E-state index < -0.39 is 0 Å². The van der Waals surface area contributed by atoms with Crippen molar-refractivity contribution in [3.63, 3.8) is 0 Å². The Labute approximate surface area is 119 Å². The number of rotatable bonds is 7. The van der Waals surface area contributed by atoms with Crippen LogP contribution in [0.15, 0.2) is 6.33 Å². The fourth-order valence-corrected chi connectivity index (χ4v) is 2.99. The molecule has 1 aromatic heterocycles. The summed E-state index contributed by atoms with van der Waals surface area (Å²) in [5.74, 6) is 1.000. The second-order valence-corrected chi connectivity index (χ2v) is 5.83. The van der Waals surface area contributed by atoms with E-state index in [9.17, 15) is 4.79 Å². The van der Waals surface area contributed by atoms with Crippen LogP contribution in [0.1, 0.15) is 50.8 Å². The molecular weight excluding hydrogens is 254 g/mol. The quantitative estimate of drug-likeness (QED) is 0.652. The molecule has 1 amide bonds. The third-order valence-electron chi connectivity index (χ3n) is 4.26. The van der Waals surface area contributed by atoms with Crippen molar-refractivity contribution in [3.05, 3.63) is 12.2 Å². The van der Waals surface area contributed by atoms with E-state index >= 15 is 0 Å². The van der Waals surface area contributed by atoms with Gasteiger partial charge in [-0.1, -0.05) is 19.3 Å². The fraction of sp³-hybridized carbons (Fsp3) is 0.786. The molecule has 1 aromatic rings. The minimum Gasteiger partial charge on any atom is -0.356 e. The van der Waals surface area contributed by atoms with E-state index in [-0.39, 0.29) is 11.3 Å². The third-order valence-corrected chi connectivity index (χ3v) is 4.26. The number of aromatic nitrogens is 3. The molecule has 1 heterocycles. The summed E-state index contributed by atoms with van der Waals surface area (Å²) in [6, 6.07) is 0. The maximum Gasteiger partial charge on any atom is 0.220 e. The number of nitrogens with one attached hydrogen (secondary N) is 2. The lowest BCUT2D eigenvalue weighted by atomic mass is 9.71. The highest BCUT2D eigenvalue weighted by molar-refractivity contribution is 5.76. The first-order chi connectivity index (χ1) is 9.74. The van der Waals surface area contributed by atoms with Gasteiger partial charge in [0.15, 0.2) is 0 Å². The van der Waals surface area contributed by atoms with Crippen LogP contribution in [0.2, 0.25) is 0 Å². The number of carbonyl (C=O) groups excluding carboxylic acids is 1.